The van der Waals surface area contributed by atoms with Crippen LogP contribution < -0.4 is 0 Å². The summed E-state index contributed by atoms with van der Waals surface area (Å²) in [5.41, 5.74) is 0. The summed E-state index contributed by atoms with van der Waals surface area (Å²) in [6.45, 7) is 9.42. The maximum absolute atomic E-state index is 2.48. The molecule has 0 fully saturated rings. The Balaban J connectivity index is 3.38. The third kappa shape index (κ3) is 16.6. The minimum atomic E-state index is 0.950. The van der Waals surface area contributed by atoms with Gasteiger partial charge in [0.2, 0.25) is 0 Å². The summed E-state index contributed by atoms with van der Waals surface area (Å²) in [7, 11) is 0. The average Bonchev–Trinajstić information content (AvgIpc) is 2.59. The first kappa shape index (κ1) is 23.7. The molecule has 0 aliphatic rings. The monoisotopic (exact) mass is 336 g/mol. The zero-order valence-electron chi connectivity index (χ0n) is 17.6. The first-order chi connectivity index (χ1) is 11.7. The number of hydrogen-bond donors (Lipinski definition) is 0. The minimum absolute atomic E-state index is 0.950. The van der Waals surface area contributed by atoms with Crippen molar-refractivity contribution in [3.63, 3.8) is 0 Å². The Kier molecular flexibility index (Phi) is 18.9. The van der Waals surface area contributed by atoms with Gasteiger partial charge in [-0.05, 0) is 31.1 Å². The molecule has 0 aliphatic carbocycles. The molecule has 0 aliphatic heterocycles. The van der Waals surface area contributed by atoms with Crippen molar-refractivity contribution in [2.45, 2.75) is 130 Å². The van der Waals surface area contributed by atoms with Gasteiger partial charge in [-0.1, -0.05) is 123 Å². The van der Waals surface area contributed by atoms with Crippen LogP contribution in [0.1, 0.15) is 130 Å². The number of hydrogen-bond acceptors (Lipinski definition) is 0. The fourth-order valence-corrected chi connectivity index (χ4v) is 3.63. The highest BCUT2D eigenvalue weighted by Gasteiger charge is 2.07. The van der Waals surface area contributed by atoms with E-state index in [4.69, 9.17) is 0 Å². The van der Waals surface area contributed by atoms with E-state index in [2.05, 4.69) is 39.8 Å². The maximum Gasteiger partial charge on any atom is -0.0351 e. The fourth-order valence-electron chi connectivity index (χ4n) is 3.63. The Morgan fingerprint density at radius 1 is 0.583 bits per heavy atom. The highest BCUT2D eigenvalue weighted by molar-refractivity contribution is 4.80. The normalized spacial score (nSPS) is 14.3. The summed E-state index contributed by atoms with van der Waals surface area (Å²) >= 11 is 0. The van der Waals surface area contributed by atoms with Crippen molar-refractivity contribution in [1.82, 2.24) is 0 Å². The van der Waals surface area contributed by atoms with E-state index in [9.17, 15) is 0 Å². The highest BCUT2D eigenvalue weighted by Crippen LogP contribution is 2.23. The van der Waals surface area contributed by atoms with Crippen molar-refractivity contribution < 1.29 is 0 Å². The van der Waals surface area contributed by atoms with Crippen LogP contribution in [0.25, 0.3) is 0 Å². The summed E-state index contributed by atoms with van der Waals surface area (Å²) < 4.78 is 0. The molecule has 0 rings (SSSR count). The molecule has 0 bridgehead atoms. The second-order valence-corrected chi connectivity index (χ2v) is 8.06. The average molecular weight is 337 g/mol. The molecule has 24 heavy (non-hydrogen) atoms. The van der Waals surface area contributed by atoms with Gasteiger partial charge >= 0.3 is 0 Å². The lowest BCUT2D eigenvalue weighted by molar-refractivity contribution is 0.371. The smallest absolute Gasteiger partial charge is 0.0351 e. The summed E-state index contributed by atoms with van der Waals surface area (Å²) in [4.78, 5) is 0. The molecule has 0 saturated heterocycles. The van der Waals surface area contributed by atoms with Crippen LogP contribution in [0, 0.1) is 11.8 Å². The summed E-state index contributed by atoms with van der Waals surface area (Å²) in [5, 5.41) is 0. The molecule has 2 atom stereocenters. The van der Waals surface area contributed by atoms with Gasteiger partial charge in [0, 0.05) is 0 Å². The van der Waals surface area contributed by atoms with E-state index < -0.39 is 0 Å². The van der Waals surface area contributed by atoms with Crippen molar-refractivity contribution >= 4 is 0 Å². The molecular formula is C24H48. The van der Waals surface area contributed by atoms with Gasteiger partial charge in [0.1, 0.15) is 0 Å². The zero-order chi connectivity index (χ0) is 17.9. The van der Waals surface area contributed by atoms with Crippen molar-refractivity contribution in [2.75, 3.05) is 0 Å². The standard InChI is InChI=1S/C24H48/c1-5-8-10-11-12-13-14-15-16-17-19-23(4)20-18-22-24(7-3)21-9-6-2/h10-11,23-24H,5-9,12-22H2,1-4H3/b11-10+. The van der Waals surface area contributed by atoms with E-state index in [1.54, 1.807) is 0 Å². The van der Waals surface area contributed by atoms with Crippen LogP contribution in [0.15, 0.2) is 12.2 Å². The molecule has 0 heterocycles. The Hall–Kier alpha value is -0.260. The maximum atomic E-state index is 2.48. The Bertz CT molecular complexity index is 253. The quantitative estimate of drug-likeness (QED) is 0.173. The SMILES string of the molecule is CCC/C=C/CCCCCCCC(C)CCCC(CC)CCCC. The number of allylic oxidation sites excluding steroid dienone is 2. The highest BCUT2D eigenvalue weighted by atomic mass is 14.1. The van der Waals surface area contributed by atoms with Crippen molar-refractivity contribution in [3.05, 3.63) is 12.2 Å². The molecule has 0 spiro atoms. The van der Waals surface area contributed by atoms with Gasteiger partial charge in [-0.25, -0.2) is 0 Å². The third-order valence-corrected chi connectivity index (χ3v) is 5.54. The Labute approximate surface area is 154 Å². The largest absolute Gasteiger partial charge is 0.0885 e. The lowest BCUT2D eigenvalue weighted by Crippen LogP contribution is -2.01. The van der Waals surface area contributed by atoms with Crippen LogP contribution >= 0.6 is 0 Å². The predicted molar refractivity (Wildman–Crippen MR) is 113 cm³/mol. The van der Waals surface area contributed by atoms with Crippen molar-refractivity contribution in [3.8, 4) is 0 Å². The molecular weight excluding hydrogens is 288 g/mol. The molecule has 0 amide bonds. The van der Waals surface area contributed by atoms with E-state index in [0.717, 1.165) is 11.8 Å². The topological polar surface area (TPSA) is 0 Å². The van der Waals surface area contributed by atoms with Crippen LogP contribution in [-0.2, 0) is 0 Å². The van der Waals surface area contributed by atoms with Crippen LogP contribution in [0.2, 0.25) is 0 Å². The van der Waals surface area contributed by atoms with E-state index >= 15 is 0 Å². The van der Waals surface area contributed by atoms with E-state index in [1.807, 2.05) is 0 Å². The second-order valence-electron chi connectivity index (χ2n) is 8.06. The molecule has 0 heteroatoms. The van der Waals surface area contributed by atoms with Gasteiger partial charge in [-0.2, -0.15) is 0 Å². The molecule has 0 N–H and O–H groups in total. The van der Waals surface area contributed by atoms with Crippen LogP contribution in [-0.4, -0.2) is 0 Å². The first-order valence-electron chi connectivity index (χ1n) is 11.4. The lowest BCUT2D eigenvalue weighted by Gasteiger charge is -2.16. The van der Waals surface area contributed by atoms with Gasteiger partial charge in [0.05, 0.1) is 0 Å². The van der Waals surface area contributed by atoms with Crippen LogP contribution in [0.3, 0.4) is 0 Å². The molecule has 0 radical (unpaired) electrons. The van der Waals surface area contributed by atoms with Gasteiger partial charge in [0.25, 0.3) is 0 Å². The summed E-state index contributed by atoms with van der Waals surface area (Å²) in [6.07, 6.45) is 27.3. The van der Waals surface area contributed by atoms with Crippen LogP contribution in [0.5, 0.6) is 0 Å². The second kappa shape index (κ2) is 19.1. The molecule has 0 aromatic heterocycles. The van der Waals surface area contributed by atoms with Gasteiger partial charge in [0.15, 0.2) is 0 Å². The zero-order valence-corrected chi connectivity index (χ0v) is 17.6. The fraction of sp³-hybridized carbons (Fsp3) is 0.917. The Morgan fingerprint density at radius 2 is 1.21 bits per heavy atom. The molecule has 0 aromatic rings. The summed E-state index contributed by atoms with van der Waals surface area (Å²) in [6, 6.07) is 0. The van der Waals surface area contributed by atoms with Crippen molar-refractivity contribution in [2.24, 2.45) is 11.8 Å². The van der Waals surface area contributed by atoms with Gasteiger partial charge in [-0.15, -0.1) is 0 Å². The van der Waals surface area contributed by atoms with Crippen molar-refractivity contribution in [1.29, 1.82) is 0 Å². The van der Waals surface area contributed by atoms with E-state index in [0.29, 0.717) is 0 Å². The summed E-state index contributed by atoms with van der Waals surface area (Å²) in [5.74, 6) is 1.95. The molecule has 2 unspecified atom stereocenters. The third-order valence-electron chi connectivity index (χ3n) is 5.54. The first-order valence-corrected chi connectivity index (χ1v) is 11.4. The molecule has 0 saturated carbocycles. The predicted octanol–water partition coefficient (Wildman–Crippen LogP) is 9.10. The van der Waals surface area contributed by atoms with E-state index in [-0.39, 0.29) is 0 Å². The lowest BCUT2D eigenvalue weighted by atomic mass is 9.90. The minimum Gasteiger partial charge on any atom is -0.0885 e. The molecule has 144 valence electrons. The van der Waals surface area contributed by atoms with E-state index in [1.165, 1.54) is 103 Å². The molecule has 0 aromatic carbocycles. The Morgan fingerprint density at radius 3 is 1.92 bits per heavy atom. The number of unbranched alkanes of at least 4 members (excludes halogenated alkanes) is 7. The number of rotatable bonds is 18. The molecule has 0 nitrogen and oxygen atoms in total. The van der Waals surface area contributed by atoms with Gasteiger partial charge in [-0.3, -0.25) is 0 Å². The van der Waals surface area contributed by atoms with Crippen LogP contribution in [0.4, 0.5) is 0 Å². The van der Waals surface area contributed by atoms with Gasteiger partial charge < -0.3 is 0 Å².